The first-order valence-electron chi connectivity index (χ1n) is 7.03. The number of hydrogen-bond donors (Lipinski definition) is 1. The van der Waals surface area contributed by atoms with E-state index in [9.17, 15) is 8.42 Å². The van der Waals surface area contributed by atoms with Crippen molar-refractivity contribution in [1.82, 2.24) is 14.1 Å². The second-order valence-electron chi connectivity index (χ2n) is 5.79. The van der Waals surface area contributed by atoms with Crippen LogP contribution in [0.15, 0.2) is 4.90 Å². The Bertz CT molecular complexity index is 584. The molecule has 20 heavy (non-hydrogen) atoms. The van der Waals surface area contributed by atoms with E-state index in [2.05, 4.69) is 18.9 Å². The van der Waals surface area contributed by atoms with E-state index >= 15 is 0 Å². The van der Waals surface area contributed by atoms with Crippen molar-refractivity contribution >= 4 is 10.0 Å². The molecule has 7 heteroatoms. The molecule has 0 saturated carbocycles. The van der Waals surface area contributed by atoms with Crippen LogP contribution >= 0.6 is 0 Å². The molecule has 0 spiro atoms. The van der Waals surface area contributed by atoms with Crippen LogP contribution in [0, 0.1) is 25.7 Å². The van der Waals surface area contributed by atoms with Crippen molar-refractivity contribution in [3.8, 4) is 0 Å². The molecule has 1 fully saturated rings. The van der Waals surface area contributed by atoms with Gasteiger partial charge in [-0.1, -0.05) is 13.8 Å². The number of nitrogens with zero attached hydrogens (tertiary/aromatic N) is 3. The van der Waals surface area contributed by atoms with Crippen LogP contribution in [-0.2, 0) is 16.6 Å². The van der Waals surface area contributed by atoms with E-state index in [4.69, 9.17) is 5.73 Å². The van der Waals surface area contributed by atoms with E-state index in [1.807, 2.05) is 0 Å². The third-order valence-electron chi connectivity index (χ3n) is 4.21. The van der Waals surface area contributed by atoms with Gasteiger partial charge < -0.3 is 5.73 Å². The highest BCUT2D eigenvalue weighted by atomic mass is 32.2. The van der Waals surface area contributed by atoms with Gasteiger partial charge in [0, 0.05) is 19.6 Å². The van der Waals surface area contributed by atoms with Gasteiger partial charge in [-0.2, -0.15) is 9.40 Å². The van der Waals surface area contributed by atoms with Crippen molar-refractivity contribution in [2.45, 2.75) is 39.1 Å². The zero-order valence-corrected chi connectivity index (χ0v) is 13.4. The Morgan fingerprint density at radius 3 is 2.30 bits per heavy atom. The highest BCUT2D eigenvalue weighted by molar-refractivity contribution is 7.89. The number of aryl methyl sites for hydroxylation is 1. The predicted molar refractivity (Wildman–Crippen MR) is 77.8 cm³/mol. The molecule has 6 nitrogen and oxygen atoms in total. The lowest BCUT2D eigenvalue weighted by atomic mass is 10.0. The Labute approximate surface area is 121 Å². The zero-order chi connectivity index (χ0) is 15.1. The van der Waals surface area contributed by atoms with Crippen LogP contribution in [0.4, 0.5) is 0 Å². The molecule has 1 aromatic rings. The Kier molecular flexibility index (Phi) is 4.22. The monoisotopic (exact) mass is 300 g/mol. The van der Waals surface area contributed by atoms with Gasteiger partial charge in [-0.3, -0.25) is 4.68 Å². The van der Waals surface area contributed by atoms with Gasteiger partial charge in [0.1, 0.15) is 4.90 Å². The van der Waals surface area contributed by atoms with E-state index in [1.54, 1.807) is 22.8 Å². The summed E-state index contributed by atoms with van der Waals surface area (Å²) in [5, 5.41) is 4.31. The average Bonchev–Trinajstić information content (AvgIpc) is 2.82. The molecule has 2 N–H and O–H groups in total. The Hall–Kier alpha value is -0.920. The van der Waals surface area contributed by atoms with Crippen molar-refractivity contribution < 1.29 is 8.42 Å². The maximum atomic E-state index is 12.8. The lowest BCUT2D eigenvalue weighted by Crippen LogP contribution is -2.30. The number of aromatic nitrogens is 2. The summed E-state index contributed by atoms with van der Waals surface area (Å²) in [7, 11) is -3.45. The third kappa shape index (κ3) is 2.49. The second kappa shape index (κ2) is 5.46. The van der Waals surface area contributed by atoms with Crippen molar-refractivity contribution in [3.05, 3.63) is 11.4 Å². The summed E-state index contributed by atoms with van der Waals surface area (Å²) in [6, 6.07) is 0. The predicted octanol–water partition coefficient (Wildman–Crippen LogP) is 0.735. The fourth-order valence-electron chi connectivity index (χ4n) is 2.80. The van der Waals surface area contributed by atoms with Crippen molar-refractivity contribution in [2.75, 3.05) is 19.6 Å². The Morgan fingerprint density at radius 1 is 1.25 bits per heavy atom. The van der Waals surface area contributed by atoms with Gasteiger partial charge >= 0.3 is 0 Å². The molecular formula is C13H24N4O2S. The molecule has 1 saturated heterocycles. The summed E-state index contributed by atoms with van der Waals surface area (Å²) in [5.41, 5.74) is 6.77. The van der Waals surface area contributed by atoms with Gasteiger partial charge in [0.15, 0.2) is 0 Å². The summed E-state index contributed by atoms with van der Waals surface area (Å²) in [5.74, 6) is 0.786. The van der Waals surface area contributed by atoms with Gasteiger partial charge in [-0.05, 0) is 25.7 Å². The van der Waals surface area contributed by atoms with Crippen molar-refractivity contribution in [3.63, 3.8) is 0 Å². The molecular weight excluding hydrogens is 276 g/mol. The zero-order valence-electron chi connectivity index (χ0n) is 12.6. The molecule has 2 unspecified atom stereocenters. The highest BCUT2D eigenvalue weighted by Gasteiger charge is 2.37. The van der Waals surface area contributed by atoms with E-state index in [0.29, 0.717) is 54.3 Å². The summed E-state index contributed by atoms with van der Waals surface area (Å²) < 4.78 is 28.9. The van der Waals surface area contributed by atoms with Gasteiger partial charge in [0.05, 0.1) is 17.9 Å². The SMILES string of the molecule is Cc1nn(CCN)c(C)c1S(=O)(=O)N1CC(C)C(C)C1. The summed E-state index contributed by atoms with van der Waals surface area (Å²) >= 11 is 0. The molecule has 0 aromatic carbocycles. The number of rotatable bonds is 4. The van der Waals surface area contributed by atoms with Gasteiger partial charge in [0.25, 0.3) is 0 Å². The smallest absolute Gasteiger partial charge is 0.246 e. The summed E-state index contributed by atoms with van der Waals surface area (Å²) in [6.07, 6.45) is 0. The fraction of sp³-hybridized carbons (Fsp3) is 0.769. The standard InChI is InChI=1S/C13H24N4O2S/c1-9-7-16(8-10(9)2)20(18,19)13-11(3)15-17(6-5-14)12(13)4/h9-10H,5-8,14H2,1-4H3. The molecule has 0 radical (unpaired) electrons. The minimum absolute atomic E-state index is 0.354. The molecule has 2 atom stereocenters. The first-order chi connectivity index (χ1) is 9.28. The lowest BCUT2D eigenvalue weighted by Gasteiger charge is -2.16. The Balaban J connectivity index is 2.40. The van der Waals surface area contributed by atoms with E-state index in [-0.39, 0.29) is 0 Å². The van der Waals surface area contributed by atoms with E-state index in [0.717, 1.165) is 0 Å². The first kappa shape index (κ1) is 15.5. The van der Waals surface area contributed by atoms with Gasteiger partial charge in [-0.15, -0.1) is 0 Å². The Morgan fingerprint density at radius 2 is 1.80 bits per heavy atom. The maximum Gasteiger partial charge on any atom is 0.246 e. The van der Waals surface area contributed by atoms with Crippen LogP contribution in [0.1, 0.15) is 25.2 Å². The molecule has 1 aromatic heterocycles. The van der Waals surface area contributed by atoms with Crippen LogP contribution in [0.25, 0.3) is 0 Å². The summed E-state index contributed by atoms with van der Waals surface area (Å²) in [6.45, 7) is 9.89. The minimum Gasteiger partial charge on any atom is -0.329 e. The van der Waals surface area contributed by atoms with Crippen LogP contribution in [0.5, 0.6) is 0 Å². The lowest BCUT2D eigenvalue weighted by molar-refractivity contribution is 0.462. The highest BCUT2D eigenvalue weighted by Crippen LogP contribution is 2.30. The quantitative estimate of drug-likeness (QED) is 0.889. The second-order valence-corrected chi connectivity index (χ2v) is 7.66. The number of hydrogen-bond acceptors (Lipinski definition) is 4. The number of sulfonamides is 1. The normalized spacial score (nSPS) is 24.4. The molecule has 0 aliphatic carbocycles. The van der Waals surface area contributed by atoms with Crippen LogP contribution in [0.2, 0.25) is 0 Å². The first-order valence-corrected chi connectivity index (χ1v) is 8.47. The topological polar surface area (TPSA) is 81.2 Å². The molecule has 2 heterocycles. The fourth-order valence-corrected chi connectivity index (χ4v) is 4.81. The van der Waals surface area contributed by atoms with E-state index < -0.39 is 10.0 Å². The van der Waals surface area contributed by atoms with Crippen molar-refractivity contribution in [1.29, 1.82) is 0 Å². The molecule has 1 aliphatic rings. The maximum absolute atomic E-state index is 12.8. The third-order valence-corrected chi connectivity index (χ3v) is 6.29. The van der Waals surface area contributed by atoms with Crippen molar-refractivity contribution in [2.24, 2.45) is 17.6 Å². The average molecular weight is 300 g/mol. The minimum atomic E-state index is -3.45. The largest absolute Gasteiger partial charge is 0.329 e. The molecule has 114 valence electrons. The van der Waals surface area contributed by atoms with Crippen LogP contribution in [-0.4, -0.2) is 42.1 Å². The molecule has 0 bridgehead atoms. The summed E-state index contributed by atoms with van der Waals surface area (Å²) in [4.78, 5) is 0.354. The molecule has 1 aliphatic heterocycles. The van der Waals surface area contributed by atoms with E-state index in [1.165, 1.54) is 0 Å². The van der Waals surface area contributed by atoms with Gasteiger partial charge in [-0.25, -0.2) is 8.42 Å². The van der Waals surface area contributed by atoms with Crippen LogP contribution < -0.4 is 5.73 Å². The molecule has 0 amide bonds. The molecule has 2 rings (SSSR count). The number of nitrogens with two attached hydrogens (primary N) is 1. The van der Waals surface area contributed by atoms with Gasteiger partial charge in [0.2, 0.25) is 10.0 Å². The van der Waals surface area contributed by atoms with Crippen LogP contribution in [0.3, 0.4) is 0 Å².